The maximum Gasteiger partial charge on any atom is 0.271 e. The molecule has 0 radical (unpaired) electrons. The van der Waals surface area contributed by atoms with Crippen molar-refractivity contribution in [2.24, 2.45) is 5.10 Å². The van der Waals surface area contributed by atoms with E-state index in [1.807, 2.05) is 36.4 Å². The number of rotatable bonds is 5. The van der Waals surface area contributed by atoms with Crippen LogP contribution in [0.3, 0.4) is 0 Å². The zero-order valence-electron chi connectivity index (χ0n) is 10.5. The molecule has 3 nitrogen and oxygen atoms in total. The molecule has 1 N–H and O–H groups in total. The molecule has 0 heterocycles. The number of nitrogens with zero attached hydrogens (tertiary/aromatic N) is 1. The molecule has 0 saturated carbocycles. The van der Waals surface area contributed by atoms with Crippen LogP contribution in [-0.4, -0.2) is 12.1 Å². The smallest absolute Gasteiger partial charge is 0.267 e. The van der Waals surface area contributed by atoms with Crippen molar-refractivity contribution in [3.05, 3.63) is 71.8 Å². The Balaban J connectivity index is 1.74. The average molecular weight is 250 g/mol. The fourth-order valence-corrected chi connectivity index (χ4v) is 1.58. The standard InChI is InChI=1S/C16H14N2O/c19-16(15-11-5-2-6-12-15)18-17-13-7-10-14-8-3-1-4-9-14/h1-3,5-6,8,11-13H,7,10H2,(H,18,19)/b17-13+. The molecule has 0 aromatic heterocycles. The van der Waals surface area contributed by atoms with Crippen molar-refractivity contribution in [1.82, 2.24) is 5.43 Å². The van der Waals surface area contributed by atoms with E-state index in [1.165, 1.54) is 0 Å². The Morgan fingerprint density at radius 3 is 2.79 bits per heavy atom. The van der Waals surface area contributed by atoms with Crippen LogP contribution in [0.5, 0.6) is 0 Å². The van der Waals surface area contributed by atoms with E-state index in [9.17, 15) is 4.79 Å². The van der Waals surface area contributed by atoms with E-state index >= 15 is 0 Å². The van der Waals surface area contributed by atoms with Crippen LogP contribution in [0.25, 0.3) is 0 Å². The van der Waals surface area contributed by atoms with Gasteiger partial charge in [-0.05, 0) is 37.1 Å². The van der Waals surface area contributed by atoms with E-state index in [2.05, 4.69) is 22.7 Å². The molecule has 0 spiro atoms. The number of hydrogen-bond donors (Lipinski definition) is 1. The molecule has 2 aromatic carbocycles. The molecule has 0 aliphatic carbocycles. The number of carbonyl (C=O) groups is 1. The summed E-state index contributed by atoms with van der Waals surface area (Å²) in [6.07, 6.45) is 3.28. The Morgan fingerprint density at radius 1 is 1.21 bits per heavy atom. The van der Waals surface area contributed by atoms with Crippen molar-refractivity contribution < 1.29 is 4.79 Å². The first kappa shape index (κ1) is 12.8. The molecule has 0 saturated heterocycles. The molecule has 0 bridgehead atoms. The predicted molar refractivity (Wildman–Crippen MR) is 74.8 cm³/mol. The Hall–Kier alpha value is -2.60. The Bertz CT molecular complexity index is 535. The zero-order chi connectivity index (χ0) is 13.3. The third-order valence-electron chi connectivity index (χ3n) is 2.55. The molecule has 19 heavy (non-hydrogen) atoms. The van der Waals surface area contributed by atoms with E-state index in [0.717, 1.165) is 18.4 Å². The van der Waals surface area contributed by atoms with Gasteiger partial charge in [-0.2, -0.15) is 5.10 Å². The average Bonchev–Trinajstić information content (AvgIpc) is 2.49. The molecule has 94 valence electrons. The lowest BCUT2D eigenvalue weighted by Gasteiger charge is -1.98. The minimum Gasteiger partial charge on any atom is -0.267 e. The molecule has 1 amide bonds. The maximum atomic E-state index is 11.6. The van der Waals surface area contributed by atoms with Crippen molar-refractivity contribution in [1.29, 1.82) is 0 Å². The molecule has 0 aliphatic heterocycles. The van der Waals surface area contributed by atoms with Crippen molar-refractivity contribution in [2.45, 2.75) is 12.8 Å². The summed E-state index contributed by atoms with van der Waals surface area (Å²) in [5.41, 5.74) is 4.19. The molecule has 2 aromatic rings. The highest BCUT2D eigenvalue weighted by Gasteiger charge is 2.00. The van der Waals surface area contributed by atoms with Gasteiger partial charge in [0.15, 0.2) is 0 Å². The lowest BCUT2D eigenvalue weighted by molar-refractivity contribution is 0.0955. The van der Waals surface area contributed by atoms with Crippen LogP contribution >= 0.6 is 0 Å². The highest BCUT2D eigenvalue weighted by Crippen LogP contribution is 1.98. The van der Waals surface area contributed by atoms with Crippen molar-refractivity contribution >= 4 is 12.1 Å². The first-order valence-electron chi connectivity index (χ1n) is 6.10. The van der Waals surface area contributed by atoms with Gasteiger partial charge in [0.2, 0.25) is 0 Å². The summed E-state index contributed by atoms with van der Waals surface area (Å²) in [5.74, 6) is -0.198. The second-order valence-electron chi connectivity index (χ2n) is 3.98. The van der Waals surface area contributed by atoms with Crippen LogP contribution < -0.4 is 5.43 Å². The van der Waals surface area contributed by atoms with Gasteiger partial charge in [-0.1, -0.05) is 36.4 Å². The first-order chi connectivity index (χ1) is 9.36. The van der Waals surface area contributed by atoms with Crippen LogP contribution in [0, 0.1) is 12.1 Å². The van der Waals surface area contributed by atoms with Crippen LogP contribution in [-0.2, 0) is 6.42 Å². The molecular weight excluding hydrogens is 236 g/mol. The number of hydrazone groups is 1. The first-order valence-corrected chi connectivity index (χ1v) is 6.10. The summed E-state index contributed by atoms with van der Waals surface area (Å²) in [4.78, 5) is 11.6. The summed E-state index contributed by atoms with van der Waals surface area (Å²) in [6, 6.07) is 20.7. The molecule has 2 rings (SSSR count). The third kappa shape index (κ3) is 4.29. The maximum absolute atomic E-state index is 11.6. The summed E-state index contributed by atoms with van der Waals surface area (Å²) < 4.78 is 0. The van der Waals surface area contributed by atoms with Gasteiger partial charge in [0.25, 0.3) is 5.91 Å². The summed E-state index contributed by atoms with van der Waals surface area (Å²) >= 11 is 0. The van der Waals surface area contributed by atoms with Crippen LogP contribution in [0.4, 0.5) is 0 Å². The lowest BCUT2D eigenvalue weighted by Crippen LogP contribution is -2.17. The molecule has 0 unspecified atom stereocenters. The molecule has 3 heteroatoms. The normalized spacial score (nSPS) is 10.1. The summed E-state index contributed by atoms with van der Waals surface area (Å²) in [7, 11) is 0. The van der Waals surface area contributed by atoms with E-state index < -0.39 is 0 Å². The van der Waals surface area contributed by atoms with Crippen molar-refractivity contribution in [3.63, 3.8) is 0 Å². The molecule has 0 atom stereocenters. The third-order valence-corrected chi connectivity index (χ3v) is 2.55. The number of carbonyl (C=O) groups excluding carboxylic acids is 1. The van der Waals surface area contributed by atoms with Gasteiger partial charge in [-0.15, -0.1) is 0 Å². The summed E-state index contributed by atoms with van der Waals surface area (Å²) in [6.45, 7) is 0. The lowest BCUT2D eigenvalue weighted by atomic mass is 10.1. The largest absolute Gasteiger partial charge is 0.271 e. The van der Waals surface area contributed by atoms with Gasteiger partial charge in [0.1, 0.15) is 0 Å². The van der Waals surface area contributed by atoms with E-state index in [0.29, 0.717) is 5.56 Å². The van der Waals surface area contributed by atoms with Crippen LogP contribution in [0.1, 0.15) is 22.3 Å². The molecular formula is C16H14N2O. The van der Waals surface area contributed by atoms with Gasteiger partial charge in [-0.25, -0.2) is 5.43 Å². The van der Waals surface area contributed by atoms with Crippen molar-refractivity contribution in [3.8, 4) is 0 Å². The number of amides is 1. The predicted octanol–water partition coefficient (Wildman–Crippen LogP) is 2.64. The molecule has 0 aliphatic rings. The van der Waals surface area contributed by atoms with E-state index in [1.54, 1.807) is 18.3 Å². The minimum atomic E-state index is -0.198. The highest BCUT2D eigenvalue weighted by atomic mass is 16.2. The number of aryl methyl sites for hydroxylation is 1. The SMILES string of the molecule is O=C(N/N=C/CCc1c#cccc1)c1ccccc1. The Labute approximate surface area is 113 Å². The highest BCUT2D eigenvalue weighted by molar-refractivity contribution is 5.94. The van der Waals surface area contributed by atoms with Gasteiger partial charge in [0.05, 0.1) is 0 Å². The Morgan fingerprint density at radius 2 is 2.05 bits per heavy atom. The number of hydrogen-bond acceptors (Lipinski definition) is 2. The van der Waals surface area contributed by atoms with E-state index in [4.69, 9.17) is 0 Å². The zero-order valence-corrected chi connectivity index (χ0v) is 10.5. The Kier molecular flexibility index (Phi) is 4.71. The van der Waals surface area contributed by atoms with Gasteiger partial charge < -0.3 is 0 Å². The van der Waals surface area contributed by atoms with Gasteiger partial charge in [0, 0.05) is 17.3 Å². The fraction of sp³-hybridized carbons (Fsp3) is 0.125. The second-order valence-corrected chi connectivity index (χ2v) is 3.98. The second kappa shape index (κ2) is 6.97. The van der Waals surface area contributed by atoms with Crippen LogP contribution in [0.2, 0.25) is 0 Å². The van der Waals surface area contributed by atoms with Gasteiger partial charge in [-0.3, -0.25) is 4.79 Å². The summed E-state index contributed by atoms with van der Waals surface area (Å²) in [5, 5.41) is 3.91. The van der Waals surface area contributed by atoms with Gasteiger partial charge >= 0.3 is 0 Å². The monoisotopic (exact) mass is 250 g/mol. The minimum absolute atomic E-state index is 0.198. The van der Waals surface area contributed by atoms with E-state index in [-0.39, 0.29) is 5.91 Å². The van der Waals surface area contributed by atoms with Crippen LogP contribution in [0.15, 0.2) is 53.6 Å². The number of benzene rings is 1. The van der Waals surface area contributed by atoms with Crippen molar-refractivity contribution in [2.75, 3.05) is 0 Å². The molecule has 0 fully saturated rings. The topological polar surface area (TPSA) is 41.5 Å². The number of nitrogens with one attached hydrogen (secondary N) is 1. The quantitative estimate of drug-likeness (QED) is 0.643. The fourth-order valence-electron chi connectivity index (χ4n) is 1.58.